The lowest BCUT2D eigenvalue weighted by molar-refractivity contribution is 0.0600. The Kier molecular flexibility index (Phi) is 9.59. The van der Waals surface area contributed by atoms with E-state index in [1.54, 1.807) is 37.5 Å². The molecule has 0 fully saturated rings. The van der Waals surface area contributed by atoms with E-state index in [2.05, 4.69) is 14.7 Å². The fourth-order valence-corrected chi connectivity index (χ4v) is 5.10. The molecule has 0 bridgehead atoms. The molecule has 2 N–H and O–H groups in total. The molecule has 0 aliphatic heterocycles. The van der Waals surface area contributed by atoms with Crippen LogP contribution in [0, 0.1) is 0 Å². The third kappa shape index (κ3) is 7.93. The molecule has 4 aromatic rings. The first-order valence-corrected chi connectivity index (χ1v) is 15.6. The number of carbonyl (C=O) groups is 1. The largest absolute Gasteiger partial charge is 0.496 e. The van der Waals surface area contributed by atoms with E-state index in [9.17, 15) is 18.0 Å². The van der Waals surface area contributed by atoms with Crippen molar-refractivity contribution in [1.29, 1.82) is 0 Å². The number of aromatic nitrogens is 2. The Hall–Kier alpha value is -4.90. The smallest absolute Gasteiger partial charge is 0.338 e. The van der Waals surface area contributed by atoms with Crippen molar-refractivity contribution >= 4 is 33.8 Å². The summed E-state index contributed by atoms with van der Waals surface area (Å²) in [6.45, 7) is 6.36. The van der Waals surface area contributed by atoms with E-state index >= 15 is 0 Å². The van der Waals surface area contributed by atoms with Gasteiger partial charge in [-0.1, -0.05) is 69.3 Å². The average Bonchev–Trinajstić information content (AvgIpc) is 2.97. The number of hydrogen-bond donors (Lipinski definition) is 2. The SMILES string of the molecule is COC(=O)c1cc(NS(C)(=O)=O)ccc1/C=C/c1cc(-c2cnc(OCc3ccccc3)[nH]c2=O)cc(C(C)(C)C)c1OC. The summed E-state index contributed by atoms with van der Waals surface area (Å²) in [6, 6.07) is 17.9. The molecular formula is C33H35N3O7S. The molecule has 0 unspecified atom stereocenters. The molecule has 4 rings (SSSR count). The standard InChI is InChI=1S/C33H35N3O7S/c1-33(2,3)28-17-24(27-19-34-32(35-30(27)37)43-20-21-10-8-7-9-11-21)16-23(29(28)41-4)13-12-22-14-15-25(36-44(6,39)40)18-26(22)31(38)42-5/h7-19,36H,20H2,1-6H3,(H,34,35,37)/b13-12+. The van der Waals surface area contributed by atoms with Crippen molar-refractivity contribution in [1.82, 2.24) is 9.97 Å². The van der Waals surface area contributed by atoms with E-state index in [0.29, 0.717) is 28.0 Å². The first-order chi connectivity index (χ1) is 20.8. The Morgan fingerprint density at radius 2 is 1.70 bits per heavy atom. The zero-order chi connectivity index (χ0) is 32.1. The van der Waals surface area contributed by atoms with Crippen LogP contribution >= 0.6 is 0 Å². The average molecular weight is 618 g/mol. The van der Waals surface area contributed by atoms with Crippen molar-refractivity contribution in [3.63, 3.8) is 0 Å². The van der Waals surface area contributed by atoms with Gasteiger partial charge < -0.3 is 14.2 Å². The van der Waals surface area contributed by atoms with Crippen molar-refractivity contribution < 1.29 is 27.4 Å². The minimum atomic E-state index is -3.55. The topological polar surface area (TPSA) is 137 Å². The molecule has 0 amide bonds. The van der Waals surface area contributed by atoms with Gasteiger partial charge in [0.2, 0.25) is 10.0 Å². The number of H-pyrrole nitrogens is 1. The van der Waals surface area contributed by atoms with Crippen LogP contribution in [0.4, 0.5) is 5.69 Å². The Morgan fingerprint density at radius 1 is 1.00 bits per heavy atom. The second kappa shape index (κ2) is 13.2. The Morgan fingerprint density at radius 3 is 2.32 bits per heavy atom. The molecule has 11 heteroatoms. The maximum atomic E-state index is 13.2. The van der Waals surface area contributed by atoms with Crippen molar-refractivity contribution in [2.45, 2.75) is 32.8 Å². The number of hydrogen-bond acceptors (Lipinski definition) is 8. The van der Waals surface area contributed by atoms with E-state index in [4.69, 9.17) is 14.2 Å². The molecular weight excluding hydrogens is 582 g/mol. The fourth-order valence-electron chi connectivity index (χ4n) is 4.54. The van der Waals surface area contributed by atoms with Crippen molar-refractivity contribution in [3.8, 4) is 22.9 Å². The van der Waals surface area contributed by atoms with Crippen molar-refractivity contribution in [2.24, 2.45) is 0 Å². The van der Waals surface area contributed by atoms with Crippen molar-refractivity contribution in [3.05, 3.63) is 105 Å². The summed E-state index contributed by atoms with van der Waals surface area (Å²) in [4.78, 5) is 32.9. The number of ether oxygens (including phenoxy) is 3. The van der Waals surface area contributed by atoms with Gasteiger partial charge in [-0.15, -0.1) is 0 Å². The minimum Gasteiger partial charge on any atom is -0.496 e. The predicted molar refractivity (Wildman–Crippen MR) is 171 cm³/mol. The quantitative estimate of drug-likeness (QED) is 0.172. The summed E-state index contributed by atoms with van der Waals surface area (Å²) in [5.74, 6) is -0.0373. The molecule has 230 valence electrons. The molecule has 0 saturated heterocycles. The summed E-state index contributed by atoms with van der Waals surface area (Å²) < 4.78 is 42.3. The number of benzene rings is 3. The van der Waals surface area contributed by atoms with Crippen LogP contribution in [0.1, 0.15) is 53.4 Å². The lowest BCUT2D eigenvalue weighted by Gasteiger charge is -2.24. The second-order valence-electron chi connectivity index (χ2n) is 11.1. The lowest BCUT2D eigenvalue weighted by Crippen LogP contribution is -2.16. The Balaban J connectivity index is 1.76. The molecule has 44 heavy (non-hydrogen) atoms. The van der Waals surface area contributed by atoms with Crippen LogP contribution in [-0.4, -0.2) is 44.8 Å². The van der Waals surface area contributed by atoms with Gasteiger partial charge in [0.05, 0.1) is 31.6 Å². The maximum absolute atomic E-state index is 13.2. The number of carbonyl (C=O) groups excluding carboxylic acids is 1. The molecule has 0 aliphatic rings. The van der Waals surface area contributed by atoms with Gasteiger partial charge in [-0.05, 0) is 46.4 Å². The molecule has 0 radical (unpaired) electrons. The van der Waals surface area contributed by atoms with Crippen LogP contribution < -0.4 is 19.8 Å². The summed E-state index contributed by atoms with van der Waals surface area (Å²) in [7, 11) is -0.736. The molecule has 10 nitrogen and oxygen atoms in total. The minimum absolute atomic E-state index is 0.108. The number of esters is 1. The first-order valence-electron chi connectivity index (χ1n) is 13.7. The maximum Gasteiger partial charge on any atom is 0.338 e. The van der Waals surface area contributed by atoms with Gasteiger partial charge in [0.25, 0.3) is 11.6 Å². The van der Waals surface area contributed by atoms with E-state index in [-0.39, 0.29) is 34.8 Å². The van der Waals surface area contributed by atoms with Gasteiger partial charge in [0, 0.05) is 23.0 Å². The van der Waals surface area contributed by atoms with Crippen LogP contribution in [0.3, 0.4) is 0 Å². The highest BCUT2D eigenvalue weighted by Crippen LogP contribution is 2.38. The van der Waals surface area contributed by atoms with Gasteiger partial charge in [-0.25, -0.2) is 18.2 Å². The highest BCUT2D eigenvalue weighted by atomic mass is 32.2. The highest BCUT2D eigenvalue weighted by molar-refractivity contribution is 7.92. The number of aromatic amines is 1. The van der Waals surface area contributed by atoms with Gasteiger partial charge in [-0.2, -0.15) is 0 Å². The number of anilines is 1. The molecule has 3 aromatic carbocycles. The van der Waals surface area contributed by atoms with E-state index in [1.807, 2.05) is 57.2 Å². The number of nitrogens with zero attached hydrogens (tertiary/aromatic N) is 1. The van der Waals surface area contributed by atoms with Crippen LogP contribution in [0.2, 0.25) is 0 Å². The molecule has 1 heterocycles. The van der Waals surface area contributed by atoms with Crippen LogP contribution in [0.15, 0.2) is 71.7 Å². The zero-order valence-corrected chi connectivity index (χ0v) is 26.2. The lowest BCUT2D eigenvalue weighted by atomic mass is 9.83. The molecule has 1 aromatic heterocycles. The molecule has 0 aliphatic carbocycles. The Bertz CT molecular complexity index is 1860. The normalized spacial score (nSPS) is 11.8. The van der Waals surface area contributed by atoms with E-state index < -0.39 is 16.0 Å². The van der Waals surface area contributed by atoms with Crippen LogP contribution in [-0.2, 0) is 26.8 Å². The predicted octanol–water partition coefficient (Wildman–Crippen LogP) is 5.65. The monoisotopic (exact) mass is 617 g/mol. The third-order valence-electron chi connectivity index (χ3n) is 6.64. The summed E-state index contributed by atoms with van der Waals surface area (Å²) in [5, 5.41) is 0. The Labute approximate surface area is 256 Å². The van der Waals surface area contributed by atoms with Gasteiger partial charge in [0.1, 0.15) is 12.4 Å². The summed E-state index contributed by atoms with van der Waals surface area (Å²) >= 11 is 0. The number of methoxy groups -OCH3 is 2. The summed E-state index contributed by atoms with van der Waals surface area (Å²) in [5.41, 5.74) is 3.53. The highest BCUT2D eigenvalue weighted by Gasteiger charge is 2.23. The third-order valence-corrected chi connectivity index (χ3v) is 7.25. The van der Waals surface area contributed by atoms with Crippen molar-refractivity contribution in [2.75, 3.05) is 25.2 Å². The van der Waals surface area contributed by atoms with E-state index in [1.165, 1.54) is 19.4 Å². The first kappa shape index (κ1) is 32.0. The number of rotatable bonds is 10. The second-order valence-corrected chi connectivity index (χ2v) is 12.9. The van der Waals surface area contributed by atoms with Crippen LogP contribution in [0.25, 0.3) is 23.3 Å². The van der Waals surface area contributed by atoms with Crippen LogP contribution in [0.5, 0.6) is 11.8 Å². The van der Waals surface area contributed by atoms with Gasteiger partial charge in [-0.3, -0.25) is 14.5 Å². The van der Waals surface area contributed by atoms with Gasteiger partial charge >= 0.3 is 5.97 Å². The zero-order valence-electron chi connectivity index (χ0n) is 25.4. The van der Waals surface area contributed by atoms with Gasteiger partial charge in [0.15, 0.2) is 0 Å². The molecule has 0 atom stereocenters. The molecule has 0 spiro atoms. The molecule has 0 saturated carbocycles. The summed E-state index contributed by atoms with van der Waals surface area (Å²) in [6.07, 6.45) is 5.97. The fraction of sp³-hybridized carbons (Fsp3) is 0.242. The number of nitrogens with one attached hydrogen (secondary N) is 2. The number of sulfonamides is 1. The van der Waals surface area contributed by atoms with E-state index in [0.717, 1.165) is 17.4 Å².